The predicted molar refractivity (Wildman–Crippen MR) is 52.7 cm³/mol. The first-order chi connectivity index (χ1) is 6.47. The number of aromatic nitrogens is 2. The van der Waals surface area contributed by atoms with Gasteiger partial charge >= 0.3 is 5.97 Å². The average Bonchev–Trinajstić information content (AvgIpc) is 2.56. The summed E-state index contributed by atoms with van der Waals surface area (Å²) in [6.07, 6.45) is 1.09. The largest absolute Gasteiger partial charge is 0.480 e. The van der Waals surface area contributed by atoms with E-state index in [-0.39, 0.29) is 0 Å². The minimum Gasteiger partial charge on any atom is -0.480 e. The third kappa shape index (κ3) is 1.04. The number of hydrogen-bond acceptors (Lipinski definition) is 3. The Hall–Kier alpha value is -0.880. The number of fused-ring (bicyclic) bond motifs is 1. The zero-order chi connectivity index (χ0) is 10.5. The molecular formula is C8H10BrN3O2. The van der Waals surface area contributed by atoms with E-state index in [9.17, 15) is 4.79 Å². The number of hydrogen-bond donors (Lipinski definition) is 2. The molecule has 3 N–H and O–H groups in total. The number of aryl methyl sites for hydroxylation is 1. The molecule has 76 valence electrons. The van der Waals surface area contributed by atoms with Crippen LogP contribution in [0.2, 0.25) is 0 Å². The Morgan fingerprint density at radius 2 is 2.43 bits per heavy atom. The molecule has 1 heterocycles. The smallest absolute Gasteiger partial charge is 0.328 e. The van der Waals surface area contributed by atoms with Crippen molar-refractivity contribution in [2.45, 2.75) is 18.4 Å². The van der Waals surface area contributed by atoms with Crippen molar-refractivity contribution >= 4 is 21.9 Å². The van der Waals surface area contributed by atoms with Crippen molar-refractivity contribution in [2.75, 3.05) is 0 Å². The van der Waals surface area contributed by atoms with E-state index in [1.807, 2.05) is 0 Å². The molecule has 0 radical (unpaired) electrons. The normalized spacial score (nSPS) is 25.1. The van der Waals surface area contributed by atoms with E-state index >= 15 is 0 Å². The van der Waals surface area contributed by atoms with E-state index in [1.54, 1.807) is 11.7 Å². The lowest BCUT2D eigenvalue weighted by Crippen LogP contribution is -2.42. The lowest BCUT2D eigenvalue weighted by atomic mass is 9.96. The third-order valence-corrected chi connectivity index (χ3v) is 3.26. The summed E-state index contributed by atoms with van der Waals surface area (Å²) in [4.78, 5) is 11.1. The molecule has 0 saturated carbocycles. The highest BCUT2D eigenvalue weighted by molar-refractivity contribution is 9.10. The van der Waals surface area contributed by atoms with Crippen molar-refractivity contribution in [1.82, 2.24) is 9.78 Å². The Bertz CT molecular complexity index is 415. The first kappa shape index (κ1) is 9.67. The molecule has 6 heteroatoms. The number of halogens is 1. The van der Waals surface area contributed by atoms with E-state index in [0.717, 1.165) is 5.69 Å². The van der Waals surface area contributed by atoms with Crippen molar-refractivity contribution in [3.8, 4) is 0 Å². The molecule has 5 nitrogen and oxygen atoms in total. The number of carbonyl (C=O) groups is 1. The molecule has 14 heavy (non-hydrogen) atoms. The van der Waals surface area contributed by atoms with Crippen LogP contribution in [-0.2, 0) is 23.8 Å². The van der Waals surface area contributed by atoms with Crippen molar-refractivity contribution in [3.05, 3.63) is 15.9 Å². The minimum atomic E-state index is -1.28. The molecule has 1 atom stereocenters. The van der Waals surface area contributed by atoms with Crippen LogP contribution in [-0.4, -0.2) is 20.9 Å². The Morgan fingerprint density at radius 3 is 3.00 bits per heavy atom. The third-order valence-electron chi connectivity index (χ3n) is 2.71. The Morgan fingerprint density at radius 1 is 1.79 bits per heavy atom. The Kier molecular flexibility index (Phi) is 1.94. The number of carboxylic acids is 1. The van der Waals surface area contributed by atoms with Gasteiger partial charge in [-0.1, -0.05) is 0 Å². The molecule has 1 aliphatic carbocycles. The lowest BCUT2D eigenvalue weighted by Gasteiger charge is -2.17. The molecule has 1 aliphatic rings. The summed E-state index contributed by atoms with van der Waals surface area (Å²) in [5.74, 6) is -0.995. The standard InChI is InChI=1S/C8H10BrN3O2/c1-12-4-2-3-8(10,7(13)14)5(4)6(9)11-12/h2-3,10H2,1H3,(H,13,14). The first-order valence-electron chi connectivity index (χ1n) is 4.21. The van der Waals surface area contributed by atoms with E-state index in [4.69, 9.17) is 10.8 Å². The highest BCUT2D eigenvalue weighted by atomic mass is 79.9. The zero-order valence-electron chi connectivity index (χ0n) is 7.62. The summed E-state index contributed by atoms with van der Waals surface area (Å²) in [6, 6.07) is 0. The van der Waals surface area contributed by atoms with Crippen LogP contribution in [0.1, 0.15) is 17.7 Å². The summed E-state index contributed by atoms with van der Waals surface area (Å²) >= 11 is 3.24. The molecule has 0 bridgehead atoms. The van der Waals surface area contributed by atoms with Crippen molar-refractivity contribution in [3.63, 3.8) is 0 Å². The molecule has 0 amide bonds. The second kappa shape index (κ2) is 2.80. The number of aliphatic carboxylic acids is 1. The van der Waals surface area contributed by atoms with Gasteiger partial charge in [0.05, 0.1) is 0 Å². The van der Waals surface area contributed by atoms with Gasteiger partial charge < -0.3 is 10.8 Å². The van der Waals surface area contributed by atoms with Crippen LogP contribution in [0.15, 0.2) is 4.60 Å². The van der Waals surface area contributed by atoms with Crippen LogP contribution in [0.5, 0.6) is 0 Å². The molecular weight excluding hydrogens is 250 g/mol. The minimum absolute atomic E-state index is 0.432. The average molecular weight is 260 g/mol. The van der Waals surface area contributed by atoms with Gasteiger partial charge in [0.15, 0.2) is 0 Å². The van der Waals surface area contributed by atoms with Crippen molar-refractivity contribution in [1.29, 1.82) is 0 Å². The summed E-state index contributed by atoms with van der Waals surface area (Å²) in [5, 5.41) is 13.2. The Labute approximate surface area is 89.0 Å². The van der Waals surface area contributed by atoms with Crippen LogP contribution in [0, 0.1) is 0 Å². The predicted octanol–water partition coefficient (Wildman–Crippen LogP) is 0.367. The number of carboxylic acid groups (broad SMARTS) is 1. The summed E-state index contributed by atoms with van der Waals surface area (Å²) in [7, 11) is 1.79. The van der Waals surface area contributed by atoms with Crippen LogP contribution in [0.25, 0.3) is 0 Å². The van der Waals surface area contributed by atoms with Gasteiger partial charge in [0.2, 0.25) is 0 Å². The SMILES string of the molecule is Cn1nc(Br)c2c1CCC2(N)C(=O)O. The molecule has 1 unspecified atom stereocenters. The molecule has 0 spiro atoms. The van der Waals surface area contributed by atoms with Crippen LogP contribution in [0.4, 0.5) is 0 Å². The fourth-order valence-corrected chi connectivity index (χ4v) is 2.73. The molecule has 0 saturated heterocycles. The van der Waals surface area contributed by atoms with Gasteiger partial charge in [-0.3, -0.25) is 4.68 Å². The fraction of sp³-hybridized carbons (Fsp3) is 0.500. The second-order valence-electron chi connectivity index (χ2n) is 3.51. The van der Waals surface area contributed by atoms with Gasteiger partial charge in [-0.2, -0.15) is 5.10 Å². The maximum atomic E-state index is 11.1. The lowest BCUT2D eigenvalue weighted by molar-refractivity contribution is -0.143. The summed E-state index contributed by atoms with van der Waals surface area (Å²) in [5.41, 5.74) is 6.09. The van der Waals surface area contributed by atoms with Crippen molar-refractivity contribution in [2.24, 2.45) is 12.8 Å². The van der Waals surface area contributed by atoms with E-state index in [2.05, 4.69) is 21.0 Å². The quantitative estimate of drug-likeness (QED) is 0.764. The van der Waals surface area contributed by atoms with E-state index in [1.165, 1.54) is 0 Å². The van der Waals surface area contributed by atoms with Gasteiger partial charge in [-0.25, -0.2) is 4.79 Å². The maximum Gasteiger partial charge on any atom is 0.328 e. The number of nitrogens with two attached hydrogens (primary N) is 1. The maximum absolute atomic E-state index is 11.1. The monoisotopic (exact) mass is 259 g/mol. The molecule has 0 aliphatic heterocycles. The molecule has 0 fully saturated rings. The molecule has 0 aromatic carbocycles. The summed E-state index contributed by atoms with van der Waals surface area (Å²) in [6.45, 7) is 0. The summed E-state index contributed by atoms with van der Waals surface area (Å²) < 4.78 is 2.22. The van der Waals surface area contributed by atoms with Crippen molar-refractivity contribution < 1.29 is 9.90 Å². The fourth-order valence-electron chi connectivity index (χ4n) is 1.91. The molecule has 1 aromatic heterocycles. The van der Waals surface area contributed by atoms with E-state index in [0.29, 0.717) is 23.0 Å². The highest BCUT2D eigenvalue weighted by Gasteiger charge is 2.46. The highest BCUT2D eigenvalue weighted by Crippen LogP contribution is 2.39. The Balaban J connectivity index is 2.64. The van der Waals surface area contributed by atoms with Crippen LogP contribution in [0.3, 0.4) is 0 Å². The number of nitrogens with zero attached hydrogens (tertiary/aromatic N) is 2. The number of rotatable bonds is 1. The van der Waals surface area contributed by atoms with Gasteiger partial charge in [0, 0.05) is 18.3 Å². The van der Waals surface area contributed by atoms with Gasteiger partial charge in [-0.15, -0.1) is 0 Å². The molecule has 1 aromatic rings. The van der Waals surface area contributed by atoms with Gasteiger partial charge in [-0.05, 0) is 28.8 Å². The second-order valence-corrected chi connectivity index (χ2v) is 4.26. The van der Waals surface area contributed by atoms with Gasteiger partial charge in [0.25, 0.3) is 0 Å². The first-order valence-corrected chi connectivity index (χ1v) is 5.00. The topological polar surface area (TPSA) is 81.1 Å². The molecule has 2 rings (SSSR count). The zero-order valence-corrected chi connectivity index (χ0v) is 9.21. The van der Waals surface area contributed by atoms with Crippen LogP contribution >= 0.6 is 15.9 Å². The van der Waals surface area contributed by atoms with Crippen LogP contribution < -0.4 is 5.73 Å². The van der Waals surface area contributed by atoms with E-state index < -0.39 is 11.5 Å². The van der Waals surface area contributed by atoms with Gasteiger partial charge in [0.1, 0.15) is 10.1 Å².